The van der Waals surface area contributed by atoms with E-state index in [1.54, 1.807) is 37.4 Å². The van der Waals surface area contributed by atoms with Crippen LogP contribution in [-0.4, -0.2) is 189 Å². The minimum Gasteiger partial charge on any atom is -0.393 e. The van der Waals surface area contributed by atoms with E-state index in [2.05, 4.69) is 84.2 Å². The summed E-state index contributed by atoms with van der Waals surface area (Å²) >= 11 is 29.1. The summed E-state index contributed by atoms with van der Waals surface area (Å²) in [6, 6.07) is 0.965. The number of fused-ring (bicyclic) bond motifs is 4. The Labute approximate surface area is 522 Å². The van der Waals surface area contributed by atoms with Gasteiger partial charge in [0.2, 0.25) is 33.7 Å². The van der Waals surface area contributed by atoms with Crippen molar-refractivity contribution in [3.8, 4) is 22.5 Å². The first-order chi connectivity index (χ1) is 41.9. The quantitative estimate of drug-likeness (QED) is 0.0908. The number of aromatic nitrogens is 20. The van der Waals surface area contributed by atoms with Gasteiger partial charge < -0.3 is 63.8 Å². The maximum atomic E-state index is 8.83. The van der Waals surface area contributed by atoms with Crippen molar-refractivity contribution in [1.82, 2.24) is 98.4 Å². The van der Waals surface area contributed by atoms with E-state index in [1.165, 1.54) is 6.33 Å². The van der Waals surface area contributed by atoms with Crippen LogP contribution in [0.15, 0.2) is 50.1 Å². The van der Waals surface area contributed by atoms with E-state index in [0.717, 1.165) is 140 Å². The Morgan fingerprint density at radius 3 is 1.33 bits per heavy atom. The largest absolute Gasteiger partial charge is 0.393 e. The number of anilines is 3. The molecule has 10 aromatic rings. The molecule has 0 atom stereocenters. The maximum Gasteiger partial charge on any atom is 0.228 e. The lowest BCUT2D eigenvalue weighted by Crippen LogP contribution is -2.37. The van der Waals surface area contributed by atoms with E-state index < -0.39 is 0 Å². The predicted octanol–water partition coefficient (Wildman–Crippen LogP) is 7.86. The molecule has 0 unspecified atom stereocenters. The van der Waals surface area contributed by atoms with Crippen LogP contribution in [0.4, 0.5) is 17.8 Å². The third-order valence-electron chi connectivity index (χ3n) is 14.5. The number of hydrogen-bond acceptors (Lipinski definition) is 25. The highest BCUT2D eigenvalue weighted by Gasteiger charge is 2.26. The first kappa shape index (κ1) is 63.0. The molecule has 87 heavy (non-hydrogen) atoms. The number of hydrogen-bond donors (Lipinski definition) is 4. The SMILES string of the molecule is C.Clc1nc(Cl)c2[nH]cnc2n1.Clc1nc(Cl)c2ncn(C3CCOCC3)c2n1.Nc1ncc(-c2nc(Cl)nc3c2ncn3C2CCOCC2)cn1.Nc1ncc(-c2nc(N3CCOCC3)nc3c2ncn3C2CCOCC2)cn1.OC1CCOCC1. The average Bonchev–Trinajstić information content (AvgIpc) is 2.06. The average molecular weight is 1290 g/mol. The van der Waals surface area contributed by atoms with Crippen molar-refractivity contribution in [2.24, 2.45) is 0 Å². The Bertz CT molecular complexity index is 3850. The van der Waals surface area contributed by atoms with Gasteiger partial charge in [0, 0.05) is 120 Å². The highest BCUT2D eigenvalue weighted by molar-refractivity contribution is 6.35. The number of aliphatic hydroxyl groups is 1. The van der Waals surface area contributed by atoms with Crippen molar-refractivity contribution in [3.63, 3.8) is 0 Å². The molecule has 5 saturated heterocycles. The van der Waals surface area contributed by atoms with Gasteiger partial charge in [-0.3, -0.25) is 0 Å². The molecule has 15 heterocycles. The van der Waals surface area contributed by atoms with Gasteiger partial charge in [0.1, 0.15) is 33.5 Å². The summed E-state index contributed by atoms with van der Waals surface area (Å²) in [4.78, 5) is 72.4. The number of aliphatic hydroxyl groups excluding tert-OH is 1. The zero-order valence-corrected chi connectivity index (χ0v) is 49.8. The van der Waals surface area contributed by atoms with Gasteiger partial charge in [-0.2, -0.15) is 19.9 Å². The molecule has 0 radical (unpaired) electrons. The second-order valence-corrected chi connectivity index (χ2v) is 21.7. The Hall–Kier alpha value is -7.03. The molecule has 0 saturated carbocycles. The number of morpholine rings is 1. The lowest BCUT2D eigenvalue weighted by atomic mass is 10.1. The summed E-state index contributed by atoms with van der Waals surface area (Å²) in [5, 5.41) is 9.84. The summed E-state index contributed by atoms with van der Waals surface area (Å²) < 4.78 is 32.9. The molecule has 0 aromatic carbocycles. The summed E-state index contributed by atoms with van der Waals surface area (Å²) in [5.74, 6) is 1.12. The number of imidazole rings is 4. The molecule has 5 aliphatic rings. The summed E-state index contributed by atoms with van der Waals surface area (Å²) in [7, 11) is 0. The summed E-state index contributed by atoms with van der Waals surface area (Å²) in [5.41, 5.74) is 19.3. The van der Waals surface area contributed by atoms with Crippen molar-refractivity contribution in [2.45, 2.75) is 83.0 Å². The van der Waals surface area contributed by atoms with Gasteiger partial charge >= 0.3 is 0 Å². The van der Waals surface area contributed by atoms with Crippen LogP contribution in [0.2, 0.25) is 26.2 Å². The normalized spacial score (nSPS) is 17.1. The third-order valence-corrected chi connectivity index (χ3v) is 15.5. The predicted molar refractivity (Wildman–Crippen MR) is 327 cm³/mol. The van der Waals surface area contributed by atoms with Crippen LogP contribution in [0.25, 0.3) is 67.2 Å². The van der Waals surface area contributed by atoms with E-state index in [9.17, 15) is 0 Å². The topological polar surface area (TPSA) is 358 Å². The molecule has 6 N–H and O–H groups in total. The Morgan fingerprint density at radius 2 is 0.851 bits per heavy atom. The van der Waals surface area contributed by atoms with E-state index in [-0.39, 0.29) is 46.4 Å². The molecule has 15 rings (SSSR count). The maximum absolute atomic E-state index is 8.83. The first-order valence-electron chi connectivity index (χ1n) is 27.6. The molecule has 0 amide bonds. The monoisotopic (exact) mass is 1290 g/mol. The van der Waals surface area contributed by atoms with Crippen molar-refractivity contribution in [3.05, 3.63) is 76.3 Å². The van der Waals surface area contributed by atoms with Crippen molar-refractivity contribution >= 4 is 121 Å². The fraction of sp³-hybridized carbons (Fsp3) is 0.472. The zero-order chi connectivity index (χ0) is 59.5. The number of nitrogens with one attached hydrogen (secondary N) is 1. The van der Waals surface area contributed by atoms with Gasteiger partial charge in [-0.05, 0) is 86.2 Å². The third kappa shape index (κ3) is 15.5. The Morgan fingerprint density at radius 1 is 0.448 bits per heavy atom. The molecule has 5 aliphatic heterocycles. The zero-order valence-electron chi connectivity index (χ0n) is 46.0. The minimum absolute atomic E-state index is 0. The number of H-pyrrole nitrogens is 1. The van der Waals surface area contributed by atoms with Gasteiger partial charge in [-0.15, -0.1) is 0 Å². The van der Waals surface area contributed by atoms with Gasteiger partial charge in [0.25, 0.3) is 0 Å². The van der Waals surface area contributed by atoms with Crippen LogP contribution >= 0.6 is 58.0 Å². The van der Waals surface area contributed by atoms with E-state index in [0.29, 0.717) is 87.2 Å². The second-order valence-electron chi connectivity index (χ2n) is 20.0. The van der Waals surface area contributed by atoms with Crippen LogP contribution in [0.5, 0.6) is 0 Å². The van der Waals surface area contributed by atoms with Crippen LogP contribution in [0.1, 0.15) is 76.9 Å². The lowest BCUT2D eigenvalue weighted by molar-refractivity contribution is 0.0140. The first-order valence-corrected chi connectivity index (χ1v) is 29.5. The number of aromatic amines is 1. The number of rotatable bonds is 6. The fourth-order valence-electron chi connectivity index (χ4n) is 10.0. The van der Waals surface area contributed by atoms with E-state index in [4.69, 9.17) is 108 Å². The molecule has 0 aliphatic carbocycles. The number of nitrogens with two attached hydrogens (primary N) is 2. The standard InChI is InChI=1S/C18H22N8O2.C14H14ClN7O.C10H10Cl2N4O.C5H2Cl2N4.C5H10O2.CH4/c19-17-20-9-12(10-21-17)14-15-16(24-18(23-14)25-3-7-28-8-4-25)26(11-22-15)13-1-5-27-6-2-13;15-13-20-10(8-5-17-14(16)18-6-8)11-12(21-13)22(7-19-11)9-1-3-23-4-2-9;11-8-7-9(15-10(12)14-8)16(5-13-7)6-1-3-17-4-2-6;6-3-2-4(9-1-8-2)11-5(7)10-3;6-5-1-3-7-4-2-5;/h9-11,13H,1-8H2,(H2,19,20,21);5-7,9H,1-4H2,(H2,16,17,18);5-6H,1-4H2;1H,(H,8,9,10,11);5-6H,1-4H2;1H4. The van der Waals surface area contributed by atoms with Crippen LogP contribution in [-0.2, 0) is 23.7 Å². The molecule has 5 fully saturated rings. The van der Waals surface area contributed by atoms with Gasteiger partial charge in [0.05, 0.1) is 44.6 Å². The Kier molecular flexibility index (Phi) is 21.6. The molecule has 29 nitrogen and oxygen atoms in total. The molecule has 0 bridgehead atoms. The van der Waals surface area contributed by atoms with Crippen molar-refractivity contribution in [2.75, 3.05) is 95.5 Å². The number of ether oxygens (including phenoxy) is 5. The highest BCUT2D eigenvalue weighted by Crippen LogP contribution is 2.34. The molecule has 460 valence electrons. The van der Waals surface area contributed by atoms with Crippen LogP contribution in [0, 0.1) is 0 Å². The molecular weight excluding hydrogens is 1230 g/mol. The van der Waals surface area contributed by atoms with Gasteiger partial charge in [-0.1, -0.05) is 30.6 Å². The van der Waals surface area contributed by atoms with E-state index >= 15 is 0 Å². The van der Waals surface area contributed by atoms with Crippen molar-refractivity contribution < 1.29 is 28.8 Å². The number of halogens is 5. The van der Waals surface area contributed by atoms with Gasteiger partial charge in [0.15, 0.2) is 32.9 Å². The second kappa shape index (κ2) is 29.8. The molecular formula is C53H62Cl5N23O6. The number of nitrogens with zero attached hydrogens (tertiary/aromatic N) is 20. The fourth-order valence-corrected chi connectivity index (χ4v) is 11.0. The Balaban J connectivity index is 0.000000128. The molecule has 34 heteroatoms. The van der Waals surface area contributed by atoms with Crippen LogP contribution < -0.4 is 16.4 Å². The smallest absolute Gasteiger partial charge is 0.228 e. The minimum atomic E-state index is -0.0891. The lowest BCUT2D eigenvalue weighted by Gasteiger charge is -2.27. The van der Waals surface area contributed by atoms with E-state index in [1.807, 2.05) is 15.5 Å². The molecule has 0 spiro atoms. The van der Waals surface area contributed by atoms with Gasteiger partial charge in [-0.25, -0.2) is 59.8 Å². The summed E-state index contributed by atoms with van der Waals surface area (Å²) in [6.07, 6.45) is 20.6. The van der Waals surface area contributed by atoms with Crippen LogP contribution in [0.3, 0.4) is 0 Å². The van der Waals surface area contributed by atoms with Crippen molar-refractivity contribution in [1.29, 1.82) is 0 Å². The highest BCUT2D eigenvalue weighted by atomic mass is 35.5. The summed E-state index contributed by atoms with van der Waals surface area (Å²) in [6.45, 7) is 8.83. The molecule has 10 aromatic heterocycles. The number of nitrogen functional groups attached to an aromatic ring is 2.